The molecule has 0 aromatic heterocycles. The zero-order valence-electron chi connectivity index (χ0n) is 9.13. The Morgan fingerprint density at radius 1 is 1.56 bits per heavy atom. The van der Waals surface area contributed by atoms with Crippen molar-refractivity contribution in [1.29, 1.82) is 0 Å². The average molecular weight is 240 g/mol. The standard InChI is InChI=1S/C12H14ClNO2/c1-16-11-3-2-9(13)6-10(11)12(15)8-4-5-14-7-8/h2-3,6,8,14H,4-5,7H2,1H3. The first-order chi connectivity index (χ1) is 7.72. The third-order valence-electron chi connectivity index (χ3n) is 2.86. The molecule has 0 spiro atoms. The van der Waals surface area contributed by atoms with Gasteiger partial charge in [-0.05, 0) is 31.2 Å². The van der Waals surface area contributed by atoms with Crippen LogP contribution in [0.5, 0.6) is 5.75 Å². The van der Waals surface area contributed by atoms with Crippen molar-refractivity contribution in [1.82, 2.24) is 5.32 Å². The van der Waals surface area contributed by atoms with Crippen LogP contribution < -0.4 is 10.1 Å². The molecule has 1 aromatic rings. The van der Waals surface area contributed by atoms with Gasteiger partial charge in [-0.25, -0.2) is 0 Å². The fraction of sp³-hybridized carbons (Fsp3) is 0.417. The van der Waals surface area contributed by atoms with E-state index in [9.17, 15) is 4.79 Å². The van der Waals surface area contributed by atoms with Crippen molar-refractivity contribution in [3.05, 3.63) is 28.8 Å². The Balaban J connectivity index is 2.30. The molecule has 1 saturated heterocycles. The van der Waals surface area contributed by atoms with Gasteiger partial charge in [-0.2, -0.15) is 0 Å². The van der Waals surface area contributed by atoms with Crippen LogP contribution in [-0.4, -0.2) is 26.0 Å². The molecule has 1 aromatic carbocycles. The van der Waals surface area contributed by atoms with Gasteiger partial charge in [0.2, 0.25) is 0 Å². The summed E-state index contributed by atoms with van der Waals surface area (Å²) in [5.74, 6) is 0.762. The van der Waals surface area contributed by atoms with Gasteiger partial charge in [0.15, 0.2) is 5.78 Å². The van der Waals surface area contributed by atoms with Crippen molar-refractivity contribution in [2.45, 2.75) is 6.42 Å². The molecule has 2 rings (SSSR count). The van der Waals surface area contributed by atoms with E-state index in [1.807, 2.05) is 0 Å². The number of benzene rings is 1. The molecule has 1 fully saturated rings. The van der Waals surface area contributed by atoms with Crippen molar-refractivity contribution >= 4 is 17.4 Å². The Morgan fingerprint density at radius 2 is 2.38 bits per heavy atom. The molecule has 1 atom stereocenters. The number of methoxy groups -OCH3 is 1. The van der Waals surface area contributed by atoms with Crippen molar-refractivity contribution in [2.24, 2.45) is 5.92 Å². The topological polar surface area (TPSA) is 38.3 Å². The summed E-state index contributed by atoms with van der Waals surface area (Å²) in [6.45, 7) is 1.65. The molecule has 86 valence electrons. The van der Waals surface area contributed by atoms with Crippen molar-refractivity contribution in [3.8, 4) is 5.75 Å². The molecule has 1 aliphatic heterocycles. The summed E-state index contributed by atoms with van der Waals surface area (Å²) in [5, 5.41) is 3.75. The number of hydrogen-bond acceptors (Lipinski definition) is 3. The smallest absolute Gasteiger partial charge is 0.171 e. The molecular weight excluding hydrogens is 226 g/mol. The number of hydrogen-bond donors (Lipinski definition) is 1. The molecule has 4 heteroatoms. The predicted molar refractivity (Wildman–Crippen MR) is 63.3 cm³/mol. The van der Waals surface area contributed by atoms with E-state index >= 15 is 0 Å². The second-order valence-electron chi connectivity index (χ2n) is 3.90. The lowest BCUT2D eigenvalue weighted by Crippen LogP contribution is -2.18. The Bertz CT molecular complexity index is 400. The zero-order chi connectivity index (χ0) is 11.5. The second-order valence-corrected chi connectivity index (χ2v) is 4.34. The largest absolute Gasteiger partial charge is 0.496 e. The maximum absolute atomic E-state index is 12.2. The van der Waals surface area contributed by atoms with Crippen molar-refractivity contribution in [2.75, 3.05) is 20.2 Å². The van der Waals surface area contributed by atoms with Crippen molar-refractivity contribution < 1.29 is 9.53 Å². The lowest BCUT2D eigenvalue weighted by molar-refractivity contribution is 0.0927. The summed E-state index contributed by atoms with van der Waals surface area (Å²) in [6.07, 6.45) is 0.883. The summed E-state index contributed by atoms with van der Waals surface area (Å²) < 4.78 is 5.18. The third kappa shape index (κ3) is 2.20. The Hall–Kier alpha value is -1.06. The highest BCUT2D eigenvalue weighted by Gasteiger charge is 2.25. The SMILES string of the molecule is COc1ccc(Cl)cc1C(=O)C1CCNC1. The zero-order valence-corrected chi connectivity index (χ0v) is 9.88. The molecule has 3 nitrogen and oxygen atoms in total. The van der Waals surface area contributed by atoms with E-state index in [0.717, 1.165) is 19.5 Å². The predicted octanol–water partition coefficient (Wildman–Crippen LogP) is 2.14. The number of ketones is 1. The highest BCUT2D eigenvalue weighted by atomic mass is 35.5. The van der Waals surface area contributed by atoms with Gasteiger partial charge in [0.05, 0.1) is 12.7 Å². The molecule has 0 bridgehead atoms. The lowest BCUT2D eigenvalue weighted by atomic mass is 9.96. The quantitative estimate of drug-likeness (QED) is 0.822. The highest BCUT2D eigenvalue weighted by molar-refractivity contribution is 6.31. The van der Waals surface area contributed by atoms with Crippen LogP contribution in [0.25, 0.3) is 0 Å². The van der Waals surface area contributed by atoms with Crippen LogP contribution in [-0.2, 0) is 0 Å². The van der Waals surface area contributed by atoms with E-state index in [1.54, 1.807) is 25.3 Å². The number of carbonyl (C=O) groups excluding carboxylic acids is 1. The normalized spacial score (nSPS) is 19.8. The first kappa shape index (κ1) is 11.4. The van der Waals surface area contributed by atoms with E-state index in [2.05, 4.69) is 5.32 Å². The van der Waals surface area contributed by atoms with E-state index in [-0.39, 0.29) is 11.7 Å². The molecule has 1 aliphatic rings. The monoisotopic (exact) mass is 239 g/mol. The molecule has 1 N–H and O–H groups in total. The van der Waals surface area contributed by atoms with Crippen LogP contribution >= 0.6 is 11.6 Å². The lowest BCUT2D eigenvalue weighted by Gasteiger charge is -2.11. The van der Waals surface area contributed by atoms with Crippen LogP contribution in [0.3, 0.4) is 0 Å². The van der Waals surface area contributed by atoms with Gasteiger partial charge in [0, 0.05) is 17.5 Å². The number of halogens is 1. The van der Waals surface area contributed by atoms with Gasteiger partial charge in [0.25, 0.3) is 0 Å². The van der Waals surface area contributed by atoms with E-state index in [4.69, 9.17) is 16.3 Å². The first-order valence-corrected chi connectivity index (χ1v) is 5.68. The van der Waals surface area contributed by atoms with Crippen LogP contribution in [0.2, 0.25) is 5.02 Å². The minimum Gasteiger partial charge on any atom is -0.496 e. The molecule has 1 unspecified atom stereocenters. The van der Waals surface area contributed by atoms with Crippen LogP contribution in [0.15, 0.2) is 18.2 Å². The minimum absolute atomic E-state index is 0.0485. The molecule has 16 heavy (non-hydrogen) atoms. The molecule has 0 amide bonds. The summed E-state index contributed by atoms with van der Waals surface area (Å²) >= 11 is 5.90. The number of rotatable bonds is 3. The molecule has 0 aliphatic carbocycles. The summed E-state index contributed by atoms with van der Waals surface area (Å²) in [7, 11) is 1.56. The molecular formula is C12H14ClNO2. The van der Waals surface area contributed by atoms with Crippen LogP contribution in [0.4, 0.5) is 0 Å². The van der Waals surface area contributed by atoms with Gasteiger partial charge < -0.3 is 10.1 Å². The van der Waals surface area contributed by atoms with Crippen LogP contribution in [0.1, 0.15) is 16.8 Å². The van der Waals surface area contributed by atoms with Gasteiger partial charge >= 0.3 is 0 Å². The maximum atomic E-state index is 12.2. The van der Waals surface area contributed by atoms with Crippen LogP contribution in [0, 0.1) is 5.92 Å². The fourth-order valence-corrected chi connectivity index (χ4v) is 2.14. The van der Waals surface area contributed by atoms with E-state index in [1.165, 1.54) is 0 Å². The van der Waals surface area contributed by atoms with Crippen molar-refractivity contribution in [3.63, 3.8) is 0 Å². The number of carbonyl (C=O) groups is 1. The Kier molecular flexibility index (Phi) is 3.46. The van der Waals surface area contributed by atoms with E-state index in [0.29, 0.717) is 16.3 Å². The van der Waals surface area contributed by atoms with E-state index < -0.39 is 0 Å². The molecule has 1 heterocycles. The van der Waals surface area contributed by atoms with Gasteiger partial charge in [0.1, 0.15) is 5.75 Å². The highest BCUT2D eigenvalue weighted by Crippen LogP contribution is 2.26. The molecule has 0 radical (unpaired) electrons. The summed E-state index contributed by atoms with van der Waals surface area (Å²) in [4.78, 5) is 12.2. The second kappa shape index (κ2) is 4.85. The third-order valence-corrected chi connectivity index (χ3v) is 3.09. The average Bonchev–Trinajstić information content (AvgIpc) is 2.81. The van der Waals surface area contributed by atoms with Gasteiger partial charge in [-0.15, -0.1) is 0 Å². The first-order valence-electron chi connectivity index (χ1n) is 5.31. The fourth-order valence-electron chi connectivity index (χ4n) is 1.97. The number of ether oxygens (including phenoxy) is 1. The number of nitrogens with one attached hydrogen (secondary N) is 1. The summed E-state index contributed by atoms with van der Waals surface area (Å²) in [5.41, 5.74) is 0.587. The number of Topliss-reactive ketones (excluding diaryl/α,β-unsaturated/α-hetero) is 1. The maximum Gasteiger partial charge on any atom is 0.171 e. The summed E-state index contributed by atoms with van der Waals surface area (Å²) in [6, 6.07) is 5.14. The van der Waals surface area contributed by atoms with Gasteiger partial charge in [-0.3, -0.25) is 4.79 Å². The molecule has 0 saturated carbocycles. The Morgan fingerprint density at radius 3 is 3.00 bits per heavy atom. The Labute approximate surface area is 99.7 Å². The van der Waals surface area contributed by atoms with Gasteiger partial charge in [-0.1, -0.05) is 11.6 Å². The minimum atomic E-state index is 0.0485.